The third-order valence-electron chi connectivity index (χ3n) is 2.49. The van der Waals surface area contributed by atoms with Crippen molar-refractivity contribution in [2.75, 3.05) is 24.2 Å². The van der Waals surface area contributed by atoms with E-state index in [1.54, 1.807) is 6.07 Å². The monoisotopic (exact) mass is 326 g/mol. The van der Waals surface area contributed by atoms with Gasteiger partial charge in [-0.05, 0) is 37.0 Å². The lowest BCUT2D eigenvalue weighted by Gasteiger charge is -2.08. The number of aromatic nitrogens is 2. The molecule has 21 heavy (non-hydrogen) atoms. The maximum absolute atomic E-state index is 11.7. The van der Waals surface area contributed by atoms with E-state index in [9.17, 15) is 8.42 Å². The van der Waals surface area contributed by atoms with Crippen LogP contribution in [0.2, 0.25) is 0 Å². The molecular weight excluding hydrogens is 312 g/mol. The maximum atomic E-state index is 11.7. The van der Waals surface area contributed by atoms with Gasteiger partial charge in [0.25, 0.3) is 0 Å². The van der Waals surface area contributed by atoms with Gasteiger partial charge in [-0.1, -0.05) is 0 Å². The second kappa shape index (κ2) is 5.76. The molecule has 8 nitrogen and oxygen atoms in total. The summed E-state index contributed by atoms with van der Waals surface area (Å²) in [5.41, 5.74) is 17.1. The lowest BCUT2D eigenvalue weighted by molar-refractivity contribution is 0.588. The highest BCUT2D eigenvalue weighted by molar-refractivity contribution is 7.99. The van der Waals surface area contributed by atoms with Gasteiger partial charge in [-0.25, -0.2) is 23.1 Å². The normalized spacial score (nSPS) is 11.5. The molecule has 1 aromatic carbocycles. The molecule has 2 aromatic rings. The Morgan fingerprint density at radius 2 is 1.71 bits per heavy atom. The molecule has 10 heteroatoms. The first kappa shape index (κ1) is 15.4. The minimum Gasteiger partial charge on any atom is -0.398 e. The van der Waals surface area contributed by atoms with E-state index in [0.717, 1.165) is 0 Å². The Hall–Kier alpha value is -2.04. The SMILES string of the molecule is CNS(=O)(=O)c1ccc(Sc2nc(N)cc(N)n2)cc1N. The van der Waals surface area contributed by atoms with Gasteiger partial charge in [0.05, 0.1) is 5.69 Å². The quantitative estimate of drug-likeness (QED) is 0.462. The number of anilines is 3. The van der Waals surface area contributed by atoms with Crippen LogP contribution in [-0.4, -0.2) is 25.4 Å². The van der Waals surface area contributed by atoms with Gasteiger partial charge in [0.1, 0.15) is 16.5 Å². The second-order valence-electron chi connectivity index (χ2n) is 4.01. The van der Waals surface area contributed by atoms with Crippen LogP contribution in [0.25, 0.3) is 0 Å². The van der Waals surface area contributed by atoms with Gasteiger partial charge in [0.15, 0.2) is 5.16 Å². The van der Waals surface area contributed by atoms with Crippen molar-refractivity contribution in [1.82, 2.24) is 14.7 Å². The maximum Gasteiger partial charge on any atom is 0.242 e. The smallest absolute Gasteiger partial charge is 0.242 e. The second-order valence-corrected chi connectivity index (χ2v) is 6.91. The Morgan fingerprint density at radius 3 is 2.24 bits per heavy atom. The van der Waals surface area contributed by atoms with Crippen molar-refractivity contribution in [1.29, 1.82) is 0 Å². The van der Waals surface area contributed by atoms with E-state index in [1.807, 2.05) is 0 Å². The molecule has 0 unspecified atom stereocenters. The molecule has 0 amide bonds. The summed E-state index contributed by atoms with van der Waals surface area (Å²) >= 11 is 1.18. The zero-order valence-corrected chi connectivity index (χ0v) is 12.7. The minimum atomic E-state index is -3.59. The van der Waals surface area contributed by atoms with Crippen molar-refractivity contribution in [2.24, 2.45) is 0 Å². The minimum absolute atomic E-state index is 0.0161. The number of nitrogens with one attached hydrogen (secondary N) is 1. The summed E-state index contributed by atoms with van der Waals surface area (Å²) in [6.45, 7) is 0. The van der Waals surface area contributed by atoms with E-state index in [1.165, 1.54) is 37.0 Å². The molecule has 0 bridgehead atoms. The fraction of sp³-hybridized carbons (Fsp3) is 0.0909. The van der Waals surface area contributed by atoms with Gasteiger partial charge in [-0.3, -0.25) is 0 Å². The summed E-state index contributed by atoms with van der Waals surface area (Å²) in [6, 6.07) is 5.99. The van der Waals surface area contributed by atoms with Crippen molar-refractivity contribution in [2.45, 2.75) is 14.9 Å². The number of rotatable bonds is 4. The molecule has 0 aliphatic heterocycles. The Kier molecular flexibility index (Phi) is 4.21. The zero-order chi connectivity index (χ0) is 15.6. The van der Waals surface area contributed by atoms with E-state index in [2.05, 4.69) is 14.7 Å². The largest absolute Gasteiger partial charge is 0.398 e. The molecule has 7 N–H and O–H groups in total. The summed E-state index contributed by atoms with van der Waals surface area (Å²) < 4.78 is 25.7. The van der Waals surface area contributed by atoms with Gasteiger partial charge in [-0.15, -0.1) is 0 Å². The number of nitrogens with zero attached hydrogens (tertiary/aromatic N) is 2. The highest BCUT2D eigenvalue weighted by Crippen LogP contribution is 2.30. The van der Waals surface area contributed by atoms with Crippen LogP contribution in [0.5, 0.6) is 0 Å². The molecule has 0 spiro atoms. The molecule has 1 aromatic heterocycles. The van der Waals surface area contributed by atoms with Crippen LogP contribution < -0.4 is 21.9 Å². The average Bonchev–Trinajstić information content (AvgIpc) is 2.37. The van der Waals surface area contributed by atoms with Crippen molar-refractivity contribution in [3.8, 4) is 0 Å². The predicted molar refractivity (Wildman–Crippen MR) is 82.1 cm³/mol. The van der Waals surface area contributed by atoms with Crippen LogP contribution in [0.3, 0.4) is 0 Å². The van der Waals surface area contributed by atoms with Crippen molar-refractivity contribution in [3.05, 3.63) is 24.3 Å². The highest BCUT2D eigenvalue weighted by atomic mass is 32.2. The standard InChI is InChI=1S/C11H14N6O2S2/c1-15-21(18,19)8-3-2-6(4-7(8)12)20-11-16-9(13)5-10(14)17-11/h2-5,15H,12H2,1H3,(H4,13,14,16,17). The molecular formula is C11H14N6O2S2. The first-order chi connectivity index (χ1) is 9.81. The van der Waals surface area contributed by atoms with E-state index >= 15 is 0 Å². The van der Waals surface area contributed by atoms with Gasteiger partial charge in [0, 0.05) is 11.0 Å². The van der Waals surface area contributed by atoms with Gasteiger partial charge in [-0.2, -0.15) is 0 Å². The molecule has 112 valence electrons. The molecule has 0 fully saturated rings. The summed E-state index contributed by atoms with van der Waals surface area (Å²) in [5.74, 6) is 0.514. The lowest BCUT2D eigenvalue weighted by Crippen LogP contribution is -2.19. The summed E-state index contributed by atoms with van der Waals surface area (Å²) in [7, 11) is -2.27. The molecule has 0 saturated carbocycles. The van der Waals surface area contributed by atoms with Gasteiger partial charge >= 0.3 is 0 Å². The Labute approximate surface area is 126 Å². The molecule has 0 aliphatic carbocycles. The van der Waals surface area contributed by atoms with Crippen molar-refractivity contribution in [3.63, 3.8) is 0 Å². The van der Waals surface area contributed by atoms with E-state index in [-0.39, 0.29) is 22.2 Å². The zero-order valence-electron chi connectivity index (χ0n) is 11.1. The van der Waals surface area contributed by atoms with Crippen LogP contribution in [0.15, 0.2) is 39.2 Å². The van der Waals surface area contributed by atoms with Crippen LogP contribution in [0.1, 0.15) is 0 Å². The van der Waals surface area contributed by atoms with E-state index in [0.29, 0.717) is 10.1 Å². The molecule has 1 heterocycles. The van der Waals surface area contributed by atoms with Crippen LogP contribution in [-0.2, 0) is 10.0 Å². The first-order valence-electron chi connectivity index (χ1n) is 5.73. The lowest BCUT2D eigenvalue weighted by atomic mass is 10.3. The van der Waals surface area contributed by atoms with Crippen LogP contribution >= 0.6 is 11.8 Å². The third-order valence-corrected chi connectivity index (χ3v) is 4.84. The Bertz CT molecular complexity index is 758. The molecule has 0 atom stereocenters. The average molecular weight is 326 g/mol. The number of nitrogen functional groups attached to an aromatic ring is 3. The van der Waals surface area contributed by atoms with Crippen LogP contribution in [0.4, 0.5) is 17.3 Å². The van der Waals surface area contributed by atoms with E-state index in [4.69, 9.17) is 17.2 Å². The first-order valence-corrected chi connectivity index (χ1v) is 8.03. The summed E-state index contributed by atoms with van der Waals surface area (Å²) in [4.78, 5) is 8.74. The molecule has 0 radical (unpaired) electrons. The number of sulfonamides is 1. The summed E-state index contributed by atoms with van der Waals surface area (Å²) in [6.07, 6.45) is 0. The van der Waals surface area contributed by atoms with Crippen LogP contribution in [0, 0.1) is 0 Å². The topological polar surface area (TPSA) is 150 Å². The highest BCUT2D eigenvalue weighted by Gasteiger charge is 2.16. The molecule has 0 aliphatic rings. The molecule has 0 saturated heterocycles. The fourth-order valence-corrected chi connectivity index (χ4v) is 3.23. The Balaban J connectivity index is 2.33. The summed E-state index contributed by atoms with van der Waals surface area (Å²) in [5, 5.41) is 0.358. The van der Waals surface area contributed by atoms with Gasteiger partial charge in [0.2, 0.25) is 10.0 Å². The van der Waals surface area contributed by atoms with Crippen molar-refractivity contribution >= 4 is 39.1 Å². The van der Waals surface area contributed by atoms with Crippen molar-refractivity contribution < 1.29 is 8.42 Å². The Morgan fingerprint density at radius 1 is 1.10 bits per heavy atom. The number of hydrogen-bond donors (Lipinski definition) is 4. The number of benzene rings is 1. The predicted octanol–water partition coefficient (Wildman–Crippen LogP) is 0.282. The number of hydrogen-bond acceptors (Lipinski definition) is 8. The fourth-order valence-electron chi connectivity index (χ4n) is 1.56. The van der Waals surface area contributed by atoms with Gasteiger partial charge < -0.3 is 17.2 Å². The third kappa shape index (κ3) is 3.54. The number of nitrogens with two attached hydrogens (primary N) is 3. The van der Waals surface area contributed by atoms with E-state index < -0.39 is 10.0 Å². The molecule has 2 rings (SSSR count).